The lowest BCUT2D eigenvalue weighted by atomic mass is 10.1. The molecule has 0 aliphatic carbocycles. The van der Waals surface area contributed by atoms with Crippen LogP contribution in [0.2, 0.25) is 5.15 Å². The first-order valence-electron chi connectivity index (χ1n) is 8.71. The quantitative estimate of drug-likeness (QED) is 0.274. The first kappa shape index (κ1) is 20.1. The Balaban J connectivity index is 1.89. The lowest BCUT2D eigenvalue weighted by Crippen LogP contribution is -2.25. The van der Waals surface area contributed by atoms with E-state index in [0.717, 1.165) is 0 Å². The van der Waals surface area contributed by atoms with Gasteiger partial charge in [-0.25, -0.2) is 4.98 Å². The molecule has 0 saturated carbocycles. The SMILES string of the molecule is COc1ccc(NC(=O)/C(=C/c2cccnc2Cl)C(=O)Nc2ccccc2)cc1. The van der Waals surface area contributed by atoms with Crippen LogP contribution < -0.4 is 15.4 Å². The summed E-state index contributed by atoms with van der Waals surface area (Å²) in [5.74, 6) is -0.492. The van der Waals surface area contributed by atoms with Crippen LogP contribution in [-0.2, 0) is 9.59 Å². The minimum atomic E-state index is -0.580. The number of hydrogen-bond acceptors (Lipinski definition) is 4. The summed E-state index contributed by atoms with van der Waals surface area (Å²) in [5, 5.41) is 5.62. The number of nitrogens with zero attached hydrogens (tertiary/aromatic N) is 1. The zero-order chi connectivity index (χ0) is 20.6. The number of pyridine rings is 1. The molecule has 0 aliphatic rings. The van der Waals surface area contributed by atoms with E-state index in [1.807, 2.05) is 6.07 Å². The highest BCUT2D eigenvalue weighted by molar-refractivity contribution is 6.32. The second-order valence-corrected chi connectivity index (χ2v) is 6.30. The second-order valence-electron chi connectivity index (χ2n) is 5.94. The Morgan fingerprint density at radius 2 is 1.52 bits per heavy atom. The van der Waals surface area contributed by atoms with Crippen molar-refractivity contribution in [3.05, 3.63) is 89.2 Å². The molecule has 3 aromatic rings. The Kier molecular flexibility index (Phi) is 6.60. The summed E-state index contributed by atoms with van der Waals surface area (Å²) < 4.78 is 5.11. The van der Waals surface area contributed by atoms with Gasteiger partial charge in [-0.2, -0.15) is 0 Å². The van der Waals surface area contributed by atoms with Gasteiger partial charge in [0.25, 0.3) is 11.8 Å². The molecule has 0 bridgehead atoms. The molecule has 1 aromatic heterocycles. The Morgan fingerprint density at radius 1 is 0.897 bits per heavy atom. The van der Waals surface area contributed by atoms with E-state index in [1.165, 1.54) is 12.3 Å². The molecule has 0 unspecified atom stereocenters. The molecule has 0 aliphatic heterocycles. The second kappa shape index (κ2) is 9.52. The first-order chi connectivity index (χ1) is 14.1. The summed E-state index contributed by atoms with van der Waals surface area (Å²) in [4.78, 5) is 29.7. The van der Waals surface area contributed by atoms with E-state index in [1.54, 1.807) is 67.8 Å². The Hall–Kier alpha value is -3.64. The highest BCUT2D eigenvalue weighted by Gasteiger charge is 2.20. The van der Waals surface area contributed by atoms with Gasteiger partial charge in [0.05, 0.1) is 7.11 Å². The van der Waals surface area contributed by atoms with Crippen LogP contribution in [0.5, 0.6) is 5.75 Å². The topological polar surface area (TPSA) is 80.3 Å². The smallest absolute Gasteiger partial charge is 0.261 e. The molecule has 2 N–H and O–H groups in total. The molecule has 29 heavy (non-hydrogen) atoms. The molecule has 1 heterocycles. The van der Waals surface area contributed by atoms with Crippen LogP contribution in [0.15, 0.2) is 78.5 Å². The third kappa shape index (κ3) is 5.43. The lowest BCUT2D eigenvalue weighted by molar-refractivity contribution is -0.118. The molecule has 6 nitrogen and oxygen atoms in total. The maximum atomic E-state index is 12.9. The van der Waals surface area contributed by atoms with E-state index >= 15 is 0 Å². The number of benzene rings is 2. The number of carbonyl (C=O) groups is 2. The van der Waals surface area contributed by atoms with Gasteiger partial charge in [-0.1, -0.05) is 35.9 Å². The van der Waals surface area contributed by atoms with E-state index in [4.69, 9.17) is 16.3 Å². The molecule has 0 saturated heterocycles. The fourth-order valence-corrected chi connectivity index (χ4v) is 2.66. The van der Waals surface area contributed by atoms with Crippen molar-refractivity contribution in [2.24, 2.45) is 0 Å². The van der Waals surface area contributed by atoms with E-state index in [2.05, 4.69) is 15.6 Å². The average Bonchev–Trinajstić information content (AvgIpc) is 2.74. The van der Waals surface area contributed by atoms with Gasteiger partial charge in [-0.3, -0.25) is 9.59 Å². The van der Waals surface area contributed by atoms with Crippen LogP contribution in [0, 0.1) is 0 Å². The van der Waals surface area contributed by atoms with Crippen molar-refractivity contribution in [2.75, 3.05) is 17.7 Å². The summed E-state index contributed by atoms with van der Waals surface area (Å²) in [6, 6.07) is 19.0. The molecule has 0 atom stereocenters. The van der Waals surface area contributed by atoms with Crippen molar-refractivity contribution in [1.29, 1.82) is 0 Å². The number of carbonyl (C=O) groups excluding carboxylic acids is 2. The fourth-order valence-electron chi connectivity index (χ4n) is 2.49. The summed E-state index contributed by atoms with van der Waals surface area (Å²) in [6.07, 6.45) is 2.94. The standard InChI is InChI=1S/C22H18ClN3O3/c1-29-18-11-9-17(10-12-18)26-22(28)19(14-15-6-5-13-24-20(15)23)21(27)25-16-7-3-2-4-8-16/h2-14H,1H3,(H,25,27)(H,26,28)/b19-14+. The summed E-state index contributed by atoms with van der Waals surface area (Å²) in [7, 11) is 1.56. The molecule has 7 heteroatoms. The molecular formula is C22H18ClN3O3. The van der Waals surface area contributed by atoms with Crippen molar-refractivity contribution in [2.45, 2.75) is 0 Å². The van der Waals surface area contributed by atoms with Gasteiger partial charge in [0.15, 0.2) is 0 Å². The van der Waals surface area contributed by atoms with E-state index in [0.29, 0.717) is 22.7 Å². The molecule has 2 amide bonds. The van der Waals surface area contributed by atoms with E-state index < -0.39 is 11.8 Å². The van der Waals surface area contributed by atoms with Crippen molar-refractivity contribution in [1.82, 2.24) is 4.98 Å². The predicted molar refractivity (Wildman–Crippen MR) is 114 cm³/mol. The van der Waals surface area contributed by atoms with Gasteiger partial charge in [0.1, 0.15) is 16.5 Å². The van der Waals surface area contributed by atoms with Gasteiger partial charge in [-0.15, -0.1) is 0 Å². The zero-order valence-corrected chi connectivity index (χ0v) is 16.3. The molecular weight excluding hydrogens is 390 g/mol. The number of methoxy groups -OCH3 is 1. The molecule has 0 spiro atoms. The van der Waals surface area contributed by atoms with Crippen LogP contribution in [0.1, 0.15) is 5.56 Å². The number of rotatable bonds is 6. The normalized spacial score (nSPS) is 10.9. The largest absolute Gasteiger partial charge is 0.497 e. The third-order valence-corrected chi connectivity index (χ3v) is 4.27. The van der Waals surface area contributed by atoms with Gasteiger partial charge >= 0.3 is 0 Å². The number of aromatic nitrogens is 1. The minimum Gasteiger partial charge on any atom is -0.497 e. The average molecular weight is 408 g/mol. The highest BCUT2D eigenvalue weighted by atomic mass is 35.5. The molecule has 2 aromatic carbocycles. The minimum absolute atomic E-state index is 0.112. The first-order valence-corrected chi connectivity index (χ1v) is 9.08. The number of amides is 2. The number of hydrogen-bond donors (Lipinski definition) is 2. The highest BCUT2D eigenvalue weighted by Crippen LogP contribution is 2.20. The van der Waals surface area contributed by atoms with Crippen LogP contribution in [0.3, 0.4) is 0 Å². The third-order valence-electron chi connectivity index (χ3n) is 3.96. The Labute approximate surface area is 173 Å². The van der Waals surface area contributed by atoms with Crippen molar-refractivity contribution in [3.63, 3.8) is 0 Å². The summed E-state index contributed by atoms with van der Waals surface area (Å²) >= 11 is 6.10. The number of nitrogens with one attached hydrogen (secondary N) is 2. The fraction of sp³-hybridized carbons (Fsp3) is 0.0455. The van der Waals surface area contributed by atoms with Crippen LogP contribution >= 0.6 is 11.6 Å². The van der Waals surface area contributed by atoms with Gasteiger partial charge in [0, 0.05) is 23.1 Å². The lowest BCUT2D eigenvalue weighted by Gasteiger charge is -2.11. The predicted octanol–water partition coefficient (Wildman–Crippen LogP) is 4.40. The maximum absolute atomic E-state index is 12.9. The van der Waals surface area contributed by atoms with Crippen molar-refractivity contribution >= 4 is 40.9 Å². The Bertz CT molecular complexity index is 1030. The number of para-hydroxylation sites is 1. The maximum Gasteiger partial charge on any atom is 0.261 e. The zero-order valence-electron chi connectivity index (χ0n) is 15.6. The van der Waals surface area contributed by atoms with Crippen molar-refractivity contribution in [3.8, 4) is 5.75 Å². The Morgan fingerprint density at radius 3 is 2.10 bits per heavy atom. The molecule has 0 fully saturated rings. The van der Waals surface area contributed by atoms with E-state index in [9.17, 15) is 9.59 Å². The van der Waals surface area contributed by atoms with Gasteiger partial charge in [0.2, 0.25) is 0 Å². The monoisotopic (exact) mass is 407 g/mol. The van der Waals surface area contributed by atoms with Gasteiger partial charge < -0.3 is 15.4 Å². The molecule has 3 rings (SSSR count). The van der Waals surface area contributed by atoms with Crippen LogP contribution in [-0.4, -0.2) is 23.9 Å². The van der Waals surface area contributed by atoms with Crippen LogP contribution in [0.25, 0.3) is 6.08 Å². The van der Waals surface area contributed by atoms with Crippen molar-refractivity contribution < 1.29 is 14.3 Å². The summed E-state index contributed by atoms with van der Waals surface area (Å²) in [5.41, 5.74) is 1.43. The molecule has 146 valence electrons. The number of halogens is 1. The van der Waals surface area contributed by atoms with Gasteiger partial charge in [-0.05, 0) is 48.5 Å². The molecule has 0 radical (unpaired) electrons. The number of ether oxygens (including phenoxy) is 1. The van der Waals surface area contributed by atoms with Crippen LogP contribution in [0.4, 0.5) is 11.4 Å². The van der Waals surface area contributed by atoms with E-state index in [-0.39, 0.29) is 10.7 Å². The summed E-state index contributed by atoms with van der Waals surface area (Å²) in [6.45, 7) is 0. The number of anilines is 2.